The van der Waals surface area contributed by atoms with Crippen molar-refractivity contribution in [2.24, 2.45) is 0 Å². The van der Waals surface area contributed by atoms with Gasteiger partial charge in [-0.1, -0.05) is 0 Å². The highest BCUT2D eigenvalue weighted by molar-refractivity contribution is 7.93. The van der Waals surface area contributed by atoms with Gasteiger partial charge in [-0.3, -0.25) is 4.72 Å². The maximum absolute atomic E-state index is 11.3. The van der Waals surface area contributed by atoms with E-state index in [9.17, 15) is 8.42 Å². The van der Waals surface area contributed by atoms with Crippen molar-refractivity contribution in [3.63, 3.8) is 0 Å². The van der Waals surface area contributed by atoms with Crippen LogP contribution in [0.1, 0.15) is 6.92 Å². The smallest absolute Gasteiger partial charge is 0.246 e. The first kappa shape index (κ1) is 13.9. The summed E-state index contributed by atoms with van der Waals surface area (Å²) in [5, 5.41) is -0.497. The lowest BCUT2D eigenvalue weighted by Crippen LogP contribution is -2.13. The van der Waals surface area contributed by atoms with Crippen LogP contribution in [0, 0.1) is 0 Å². The van der Waals surface area contributed by atoms with E-state index in [2.05, 4.69) is 4.72 Å². The fourth-order valence-corrected chi connectivity index (χ4v) is 1.92. The summed E-state index contributed by atoms with van der Waals surface area (Å²) in [5.41, 5.74) is 0.381. The van der Waals surface area contributed by atoms with Gasteiger partial charge in [0.15, 0.2) is 11.5 Å². The lowest BCUT2D eigenvalue weighted by Gasteiger charge is -2.11. The van der Waals surface area contributed by atoms with Crippen LogP contribution in [-0.4, -0.2) is 27.3 Å². The third-order valence-corrected chi connectivity index (χ3v) is 3.58. The van der Waals surface area contributed by atoms with E-state index in [1.165, 1.54) is 13.2 Å². The molecule has 5 nitrogen and oxygen atoms in total. The fraction of sp³-hybridized carbons (Fsp3) is 0.400. The lowest BCUT2D eigenvalue weighted by atomic mass is 10.3. The average molecular weight is 280 g/mol. The van der Waals surface area contributed by atoms with Crippen LogP contribution in [0.15, 0.2) is 18.2 Å². The van der Waals surface area contributed by atoms with Crippen LogP contribution >= 0.6 is 11.6 Å². The molecule has 0 aromatic heterocycles. The van der Waals surface area contributed by atoms with Gasteiger partial charge in [0.1, 0.15) is 5.21 Å². The number of methoxy groups -OCH3 is 1. The Hall–Kier alpha value is -1.14. The molecular weight excluding hydrogens is 266 g/mol. The third-order valence-electron chi connectivity index (χ3n) is 1.88. The van der Waals surface area contributed by atoms with E-state index in [4.69, 9.17) is 21.1 Å². The van der Waals surface area contributed by atoms with Crippen molar-refractivity contribution in [1.29, 1.82) is 0 Å². The van der Waals surface area contributed by atoms with Crippen LogP contribution in [0.2, 0.25) is 0 Å². The Labute approximate surface area is 106 Å². The Morgan fingerprint density at radius 3 is 2.59 bits per heavy atom. The summed E-state index contributed by atoms with van der Waals surface area (Å²) >= 11 is 5.29. The van der Waals surface area contributed by atoms with Gasteiger partial charge < -0.3 is 9.47 Å². The Morgan fingerprint density at radius 2 is 2.06 bits per heavy atom. The summed E-state index contributed by atoms with van der Waals surface area (Å²) in [4.78, 5) is 0. The Bertz CT molecular complexity index is 475. The van der Waals surface area contributed by atoms with Crippen molar-refractivity contribution in [3.05, 3.63) is 18.2 Å². The standard InChI is InChI=1S/C10H14ClNO4S/c1-3-16-9-5-4-8(6-10(9)15-2)12-17(13,14)7-11/h4-6,12H,3,7H2,1-2H3. The number of anilines is 1. The number of hydrogen-bond donors (Lipinski definition) is 1. The molecule has 1 aromatic rings. The summed E-state index contributed by atoms with van der Waals surface area (Å²) in [5.74, 6) is 1.02. The highest BCUT2D eigenvalue weighted by Gasteiger charge is 2.11. The molecular formula is C10H14ClNO4S. The van der Waals surface area contributed by atoms with Crippen molar-refractivity contribution in [1.82, 2.24) is 0 Å². The quantitative estimate of drug-likeness (QED) is 0.809. The molecule has 1 aromatic carbocycles. The third kappa shape index (κ3) is 3.98. The SMILES string of the molecule is CCOc1ccc(NS(=O)(=O)CCl)cc1OC. The minimum Gasteiger partial charge on any atom is -0.493 e. The number of benzene rings is 1. The minimum atomic E-state index is -3.50. The summed E-state index contributed by atoms with van der Waals surface area (Å²) in [7, 11) is -2.02. The van der Waals surface area contributed by atoms with E-state index in [0.29, 0.717) is 23.8 Å². The molecule has 0 aliphatic carbocycles. The van der Waals surface area contributed by atoms with Crippen molar-refractivity contribution in [2.45, 2.75) is 6.92 Å². The zero-order valence-corrected chi connectivity index (χ0v) is 11.1. The predicted molar refractivity (Wildman–Crippen MR) is 67.4 cm³/mol. The zero-order chi connectivity index (χ0) is 12.9. The first-order chi connectivity index (χ1) is 8.02. The number of sulfonamides is 1. The van der Waals surface area contributed by atoms with Gasteiger partial charge in [0.2, 0.25) is 10.0 Å². The number of nitrogens with one attached hydrogen (secondary N) is 1. The normalized spacial score (nSPS) is 11.0. The molecule has 0 radical (unpaired) electrons. The first-order valence-electron chi connectivity index (χ1n) is 4.89. The first-order valence-corrected chi connectivity index (χ1v) is 7.08. The maximum Gasteiger partial charge on any atom is 0.246 e. The molecule has 0 fully saturated rings. The Morgan fingerprint density at radius 1 is 1.35 bits per heavy atom. The van der Waals surface area contributed by atoms with Gasteiger partial charge in [-0.25, -0.2) is 8.42 Å². The van der Waals surface area contributed by atoms with E-state index in [-0.39, 0.29) is 0 Å². The van der Waals surface area contributed by atoms with Gasteiger partial charge in [-0.15, -0.1) is 11.6 Å². The van der Waals surface area contributed by atoms with Crippen LogP contribution in [0.3, 0.4) is 0 Å². The van der Waals surface area contributed by atoms with Crippen LogP contribution < -0.4 is 14.2 Å². The molecule has 0 amide bonds. The van der Waals surface area contributed by atoms with Crippen molar-refractivity contribution in [2.75, 3.05) is 23.7 Å². The molecule has 0 aliphatic rings. The van der Waals surface area contributed by atoms with Gasteiger partial charge in [0.05, 0.1) is 19.4 Å². The minimum absolute atomic E-state index is 0.381. The van der Waals surface area contributed by atoms with E-state index >= 15 is 0 Å². The van der Waals surface area contributed by atoms with Gasteiger partial charge in [0.25, 0.3) is 0 Å². The van der Waals surface area contributed by atoms with Gasteiger partial charge in [-0.05, 0) is 19.1 Å². The summed E-state index contributed by atoms with van der Waals surface area (Å²) in [6.07, 6.45) is 0. The molecule has 17 heavy (non-hydrogen) atoms. The van der Waals surface area contributed by atoms with Gasteiger partial charge in [-0.2, -0.15) is 0 Å². The molecule has 0 bridgehead atoms. The Kier molecular flexibility index (Phi) is 4.89. The monoisotopic (exact) mass is 279 g/mol. The number of alkyl halides is 1. The van der Waals surface area contributed by atoms with E-state index in [1.807, 2.05) is 6.92 Å². The molecule has 0 saturated heterocycles. The summed E-state index contributed by atoms with van der Waals surface area (Å²) in [6.45, 7) is 2.35. The Balaban J connectivity index is 2.97. The fourth-order valence-electron chi connectivity index (χ4n) is 1.21. The maximum atomic E-state index is 11.3. The van der Waals surface area contributed by atoms with Crippen molar-refractivity contribution < 1.29 is 17.9 Å². The molecule has 0 aliphatic heterocycles. The highest BCUT2D eigenvalue weighted by Crippen LogP contribution is 2.30. The molecule has 0 heterocycles. The van der Waals surface area contributed by atoms with Crippen LogP contribution in [0.5, 0.6) is 11.5 Å². The largest absolute Gasteiger partial charge is 0.493 e. The van der Waals surface area contributed by atoms with Crippen LogP contribution in [0.25, 0.3) is 0 Å². The second-order valence-corrected chi connectivity index (χ2v) is 5.43. The van der Waals surface area contributed by atoms with E-state index < -0.39 is 15.2 Å². The molecule has 0 saturated carbocycles. The second kappa shape index (κ2) is 5.97. The zero-order valence-electron chi connectivity index (χ0n) is 9.57. The molecule has 0 spiro atoms. The summed E-state index contributed by atoms with van der Waals surface area (Å²) < 4.78 is 35.2. The average Bonchev–Trinajstić information content (AvgIpc) is 2.31. The van der Waals surface area contributed by atoms with Gasteiger partial charge in [0, 0.05) is 6.07 Å². The van der Waals surface area contributed by atoms with Crippen molar-refractivity contribution >= 4 is 27.3 Å². The number of rotatable bonds is 6. The number of halogens is 1. The van der Waals surface area contributed by atoms with Crippen LogP contribution in [-0.2, 0) is 10.0 Å². The topological polar surface area (TPSA) is 64.6 Å². The number of ether oxygens (including phenoxy) is 2. The highest BCUT2D eigenvalue weighted by atomic mass is 35.5. The molecule has 1 N–H and O–H groups in total. The predicted octanol–water partition coefficient (Wildman–Crippen LogP) is 2.03. The van der Waals surface area contributed by atoms with Crippen molar-refractivity contribution in [3.8, 4) is 11.5 Å². The lowest BCUT2D eigenvalue weighted by molar-refractivity contribution is 0.311. The molecule has 0 atom stereocenters. The van der Waals surface area contributed by atoms with Crippen LogP contribution in [0.4, 0.5) is 5.69 Å². The molecule has 0 unspecified atom stereocenters. The molecule has 7 heteroatoms. The number of hydrogen-bond acceptors (Lipinski definition) is 4. The van der Waals surface area contributed by atoms with Gasteiger partial charge >= 0.3 is 0 Å². The van der Waals surface area contributed by atoms with E-state index in [0.717, 1.165) is 0 Å². The molecule has 1 rings (SSSR count). The summed E-state index contributed by atoms with van der Waals surface area (Å²) in [6, 6.07) is 4.75. The second-order valence-electron chi connectivity index (χ2n) is 3.12. The van der Waals surface area contributed by atoms with E-state index in [1.54, 1.807) is 12.1 Å². The molecule has 96 valence electrons.